The van der Waals surface area contributed by atoms with Crippen molar-refractivity contribution in [2.24, 2.45) is 0 Å². The van der Waals surface area contributed by atoms with Gasteiger partial charge in [0, 0.05) is 24.2 Å². The molecule has 2 heterocycles. The zero-order valence-electron chi connectivity index (χ0n) is 17.6. The van der Waals surface area contributed by atoms with E-state index in [0.717, 1.165) is 0 Å². The summed E-state index contributed by atoms with van der Waals surface area (Å²) in [5.74, 6) is -0.0883. The Bertz CT molecular complexity index is 1060. The van der Waals surface area contributed by atoms with Crippen LogP contribution in [0.2, 0.25) is 0 Å². The number of aliphatic hydroxyl groups is 1. The molecule has 1 fully saturated rings. The van der Waals surface area contributed by atoms with Crippen molar-refractivity contribution >= 4 is 17.4 Å². The van der Waals surface area contributed by atoms with E-state index < -0.39 is 17.7 Å². The van der Waals surface area contributed by atoms with E-state index in [1.54, 1.807) is 30.3 Å². The highest BCUT2D eigenvalue weighted by Gasteiger charge is 2.46. The molecule has 2 aliphatic heterocycles. The number of methoxy groups -OCH3 is 1. The van der Waals surface area contributed by atoms with Crippen molar-refractivity contribution < 1.29 is 28.9 Å². The maximum absolute atomic E-state index is 13.1. The van der Waals surface area contributed by atoms with Crippen LogP contribution in [0.3, 0.4) is 0 Å². The summed E-state index contributed by atoms with van der Waals surface area (Å²) in [5, 5.41) is 11.2. The van der Waals surface area contributed by atoms with Gasteiger partial charge in [0.2, 0.25) is 6.79 Å². The summed E-state index contributed by atoms with van der Waals surface area (Å²) in [6.45, 7) is 0.969. The number of ether oxygens (including phenoxy) is 3. The monoisotopic (exact) mass is 424 g/mol. The van der Waals surface area contributed by atoms with Gasteiger partial charge in [0.15, 0.2) is 11.5 Å². The summed E-state index contributed by atoms with van der Waals surface area (Å²) in [5.41, 5.74) is 1.02. The van der Waals surface area contributed by atoms with E-state index in [9.17, 15) is 14.7 Å². The smallest absolute Gasteiger partial charge is 0.295 e. The van der Waals surface area contributed by atoms with Crippen molar-refractivity contribution in [3.8, 4) is 17.2 Å². The third-order valence-electron chi connectivity index (χ3n) is 5.41. The summed E-state index contributed by atoms with van der Waals surface area (Å²) in [6, 6.07) is 11.3. The van der Waals surface area contributed by atoms with E-state index in [2.05, 4.69) is 0 Å². The summed E-state index contributed by atoms with van der Waals surface area (Å²) < 4.78 is 16.2. The fourth-order valence-corrected chi connectivity index (χ4v) is 3.83. The molecule has 2 aromatic rings. The number of aliphatic hydroxyl groups excluding tert-OH is 1. The Labute approximate surface area is 180 Å². The maximum Gasteiger partial charge on any atom is 0.295 e. The molecule has 8 heteroatoms. The minimum Gasteiger partial charge on any atom is -0.507 e. The number of nitrogens with zero attached hydrogens (tertiary/aromatic N) is 2. The Morgan fingerprint density at radius 3 is 2.65 bits per heavy atom. The third kappa shape index (κ3) is 3.70. The number of carbonyl (C=O) groups excluding carboxylic acids is 2. The summed E-state index contributed by atoms with van der Waals surface area (Å²) >= 11 is 0. The molecule has 1 amide bonds. The minimum atomic E-state index is -0.776. The highest BCUT2D eigenvalue weighted by molar-refractivity contribution is 6.46. The standard InChI is InChI=1S/C23H24N2O6/c1-24(2)10-11-25-20(15-6-4-5-7-16(15)29-3)19(22(27)23(25)28)21(26)14-8-9-17-18(12-14)31-13-30-17/h4-9,12,20,26H,10-11,13H2,1-3H3/b21-19+. The number of hydrogen-bond donors (Lipinski definition) is 1. The molecule has 0 radical (unpaired) electrons. The highest BCUT2D eigenvalue weighted by atomic mass is 16.7. The maximum atomic E-state index is 13.1. The number of hydrogen-bond acceptors (Lipinski definition) is 7. The first-order valence-electron chi connectivity index (χ1n) is 9.88. The molecule has 0 aromatic heterocycles. The number of para-hydroxylation sites is 1. The highest BCUT2D eigenvalue weighted by Crippen LogP contribution is 2.43. The lowest BCUT2D eigenvalue weighted by Crippen LogP contribution is -2.35. The molecule has 1 unspecified atom stereocenters. The van der Waals surface area contributed by atoms with E-state index >= 15 is 0 Å². The topological polar surface area (TPSA) is 88.5 Å². The van der Waals surface area contributed by atoms with Crippen LogP contribution in [-0.4, -0.2) is 67.7 Å². The van der Waals surface area contributed by atoms with Gasteiger partial charge in [0.05, 0.1) is 18.7 Å². The molecule has 0 spiro atoms. The minimum absolute atomic E-state index is 0.0205. The van der Waals surface area contributed by atoms with Gasteiger partial charge in [-0.2, -0.15) is 0 Å². The fourth-order valence-electron chi connectivity index (χ4n) is 3.83. The molecule has 0 saturated carbocycles. The normalized spacial score (nSPS) is 19.4. The van der Waals surface area contributed by atoms with Crippen molar-refractivity contribution in [1.29, 1.82) is 0 Å². The van der Waals surface area contributed by atoms with Gasteiger partial charge in [-0.05, 0) is 38.4 Å². The Hall–Kier alpha value is -3.52. The Kier molecular flexibility index (Phi) is 5.56. The second-order valence-electron chi connectivity index (χ2n) is 7.61. The zero-order valence-corrected chi connectivity index (χ0v) is 17.6. The predicted octanol–water partition coefficient (Wildman–Crippen LogP) is 2.41. The van der Waals surface area contributed by atoms with E-state index in [-0.39, 0.29) is 18.1 Å². The Balaban J connectivity index is 1.86. The molecule has 4 rings (SSSR count). The molecule has 0 bridgehead atoms. The number of benzene rings is 2. The van der Waals surface area contributed by atoms with Gasteiger partial charge in [-0.3, -0.25) is 9.59 Å². The summed E-state index contributed by atoms with van der Waals surface area (Å²) in [4.78, 5) is 29.4. The second kappa shape index (κ2) is 8.31. The molecule has 2 aliphatic rings. The van der Waals surface area contributed by atoms with Gasteiger partial charge in [0.25, 0.3) is 11.7 Å². The molecule has 8 nitrogen and oxygen atoms in total. The average molecular weight is 424 g/mol. The van der Waals surface area contributed by atoms with Gasteiger partial charge in [0.1, 0.15) is 11.5 Å². The molecule has 0 aliphatic carbocycles. The van der Waals surface area contributed by atoms with Gasteiger partial charge in [-0.25, -0.2) is 0 Å². The van der Waals surface area contributed by atoms with Crippen molar-refractivity contribution in [3.05, 3.63) is 59.2 Å². The Morgan fingerprint density at radius 2 is 1.90 bits per heavy atom. The molecular weight excluding hydrogens is 400 g/mol. The number of likely N-dealkylation sites (tertiary alicyclic amines) is 1. The van der Waals surface area contributed by atoms with Crippen LogP contribution in [0.1, 0.15) is 17.2 Å². The van der Waals surface area contributed by atoms with Crippen LogP contribution in [0, 0.1) is 0 Å². The first kappa shape index (κ1) is 20.7. The number of Topliss-reactive ketones (excluding diaryl/α,β-unsaturated/α-hetero) is 1. The SMILES string of the molecule is COc1ccccc1C1/C(=C(\O)c2ccc3c(c2)OCO3)C(=O)C(=O)N1CCN(C)C. The van der Waals surface area contributed by atoms with Crippen LogP contribution in [0.25, 0.3) is 5.76 Å². The lowest BCUT2D eigenvalue weighted by Gasteiger charge is -2.27. The first-order chi connectivity index (χ1) is 14.9. The van der Waals surface area contributed by atoms with Gasteiger partial charge in [-0.1, -0.05) is 18.2 Å². The lowest BCUT2D eigenvalue weighted by molar-refractivity contribution is -0.140. The molecule has 31 heavy (non-hydrogen) atoms. The van der Waals surface area contributed by atoms with Crippen LogP contribution in [-0.2, 0) is 9.59 Å². The number of fused-ring (bicyclic) bond motifs is 1. The largest absolute Gasteiger partial charge is 0.507 e. The molecule has 1 saturated heterocycles. The number of ketones is 1. The first-order valence-corrected chi connectivity index (χ1v) is 9.88. The number of rotatable bonds is 6. The van der Waals surface area contributed by atoms with E-state index in [0.29, 0.717) is 41.5 Å². The average Bonchev–Trinajstić information content (AvgIpc) is 3.34. The summed E-state index contributed by atoms with van der Waals surface area (Å²) in [7, 11) is 5.31. The number of likely N-dealkylation sites (N-methyl/N-ethyl adjacent to an activating group) is 1. The van der Waals surface area contributed by atoms with Crippen LogP contribution in [0.5, 0.6) is 17.2 Å². The third-order valence-corrected chi connectivity index (χ3v) is 5.41. The van der Waals surface area contributed by atoms with E-state index in [1.165, 1.54) is 12.0 Å². The fraction of sp³-hybridized carbons (Fsp3) is 0.304. The van der Waals surface area contributed by atoms with Crippen molar-refractivity contribution in [3.63, 3.8) is 0 Å². The van der Waals surface area contributed by atoms with Crippen molar-refractivity contribution in [1.82, 2.24) is 9.80 Å². The van der Waals surface area contributed by atoms with Gasteiger partial charge >= 0.3 is 0 Å². The molecule has 1 atom stereocenters. The van der Waals surface area contributed by atoms with E-state index in [4.69, 9.17) is 14.2 Å². The Morgan fingerprint density at radius 1 is 1.16 bits per heavy atom. The quantitative estimate of drug-likeness (QED) is 0.433. The van der Waals surface area contributed by atoms with Crippen LogP contribution < -0.4 is 14.2 Å². The molecule has 162 valence electrons. The van der Waals surface area contributed by atoms with E-state index in [1.807, 2.05) is 31.1 Å². The molecule has 2 aromatic carbocycles. The van der Waals surface area contributed by atoms with Crippen molar-refractivity contribution in [2.75, 3.05) is 41.1 Å². The number of carbonyl (C=O) groups is 2. The van der Waals surface area contributed by atoms with Crippen LogP contribution in [0.4, 0.5) is 0 Å². The van der Waals surface area contributed by atoms with Gasteiger partial charge < -0.3 is 29.1 Å². The second-order valence-corrected chi connectivity index (χ2v) is 7.61. The number of amides is 1. The lowest BCUT2D eigenvalue weighted by atomic mass is 9.94. The zero-order chi connectivity index (χ0) is 22.1. The van der Waals surface area contributed by atoms with Gasteiger partial charge in [-0.15, -0.1) is 0 Å². The molecule has 1 N–H and O–H groups in total. The predicted molar refractivity (Wildman–Crippen MR) is 113 cm³/mol. The van der Waals surface area contributed by atoms with Crippen LogP contribution in [0.15, 0.2) is 48.0 Å². The van der Waals surface area contributed by atoms with Crippen LogP contribution >= 0.6 is 0 Å². The molecular formula is C23H24N2O6. The van der Waals surface area contributed by atoms with Crippen molar-refractivity contribution in [2.45, 2.75) is 6.04 Å². The summed E-state index contributed by atoms with van der Waals surface area (Å²) in [6.07, 6.45) is 0.